The van der Waals surface area contributed by atoms with Gasteiger partial charge >= 0.3 is 0 Å². The predicted octanol–water partition coefficient (Wildman–Crippen LogP) is 4.31. The summed E-state index contributed by atoms with van der Waals surface area (Å²) < 4.78 is 5.59. The van der Waals surface area contributed by atoms with Gasteiger partial charge < -0.3 is 10.1 Å². The number of nitrogens with one attached hydrogen (secondary N) is 1. The lowest BCUT2D eigenvalue weighted by Crippen LogP contribution is -2.30. The summed E-state index contributed by atoms with van der Waals surface area (Å²) in [4.78, 5) is 12.1. The van der Waals surface area contributed by atoms with Crippen molar-refractivity contribution in [3.05, 3.63) is 59.1 Å². The lowest BCUT2D eigenvalue weighted by Gasteiger charge is -2.15. The fourth-order valence-corrected chi connectivity index (χ4v) is 2.01. The van der Waals surface area contributed by atoms with Gasteiger partial charge in [0.15, 0.2) is 6.10 Å². The first-order valence-corrected chi connectivity index (χ1v) is 7.28. The van der Waals surface area contributed by atoms with Crippen LogP contribution in [0.1, 0.15) is 19.4 Å². The van der Waals surface area contributed by atoms with Gasteiger partial charge in [-0.25, -0.2) is 0 Å². The zero-order valence-electron chi connectivity index (χ0n) is 12.1. The fraction of sp³-hybridized carbons (Fsp3) is 0.235. The molecule has 0 spiro atoms. The van der Waals surface area contributed by atoms with Gasteiger partial charge in [-0.3, -0.25) is 4.79 Å². The summed E-state index contributed by atoms with van der Waals surface area (Å²) in [6.07, 6.45) is 0.344. The third-order valence-corrected chi connectivity index (χ3v) is 3.35. The molecule has 110 valence electrons. The van der Waals surface area contributed by atoms with Crippen molar-refractivity contribution in [2.75, 3.05) is 5.32 Å². The summed E-state index contributed by atoms with van der Waals surface area (Å²) in [6, 6.07) is 14.7. The largest absolute Gasteiger partial charge is 0.481 e. The van der Waals surface area contributed by atoms with Crippen molar-refractivity contribution < 1.29 is 9.53 Å². The minimum Gasteiger partial charge on any atom is -0.481 e. The van der Waals surface area contributed by atoms with Gasteiger partial charge in [-0.15, -0.1) is 0 Å². The molecular formula is C17H18ClNO2. The normalized spacial score (nSPS) is 11.8. The van der Waals surface area contributed by atoms with Crippen molar-refractivity contribution >= 4 is 23.2 Å². The molecule has 1 atom stereocenters. The van der Waals surface area contributed by atoms with Gasteiger partial charge in [-0.2, -0.15) is 0 Å². The third kappa shape index (κ3) is 4.50. The number of halogens is 1. The average molecular weight is 304 g/mol. The van der Waals surface area contributed by atoms with E-state index in [2.05, 4.69) is 12.2 Å². The number of carbonyl (C=O) groups is 1. The first-order valence-electron chi connectivity index (χ1n) is 6.90. The highest BCUT2D eigenvalue weighted by molar-refractivity contribution is 6.30. The van der Waals surface area contributed by atoms with E-state index in [9.17, 15) is 4.79 Å². The number of amides is 1. The fourth-order valence-electron chi connectivity index (χ4n) is 1.88. The Morgan fingerprint density at radius 2 is 1.95 bits per heavy atom. The van der Waals surface area contributed by atoms with Crippen molar-refractivity contribution in [3.63, 3.8) is 0 Å². The Kier molecular flexibility index (Phi) is 5.23. The lowest BCUT2D eigenvalue weighted by atomic mass is 10.1. The molecule has 0 saturated heterocycles. The second-order valence-electron chi connectivity index (χ2n) is 4.76. The zero-order valence-corrected chi connectivity index (χ0v) is 12.9. The van der Waals surface area contributed by atoms with Gasteiger partial charge in [-0.05, 0) is 55.3 Å². The quantitative estimate of drug-likeness (QED) is 0.894. The van der Waals surface area contributed by atoms with E-state index in [0.29, 0.717) is 10.8 Å². The van der Waals surface area contributed by atoms with Crippen LogP contribution >= 0.6 is 11.6 Å². The Hall–Kier alpha value is -2.00. The van der Waals surface area contributed by atoms with Crippen LogP contribution in [0.3, 0.4) is 0 Å². The van der Waals surface area contributed by atoms with Crippen molar-refractivity contribution in [1.29, 1.82) is 0 Å². The van der Waals surface area contributed by atoms with E-state index in [-0.39, 0.29) is 5.91 Å². The smallest absolute Gasteiger partial charge is 0.265 e. The number of benzene rings is 2. The molecule has 0 bridgehead atoms. The summed E-state index contributed by atoms with van der Waals surface area (Å²) in [5, 5.41) is 3.49. The minimum absolute atomic E-state index is 0.182. The Bertz CT molecular complexity index is 610. The molecule has 0 saturated carbocycles. The first-order chi connectivity index (χ1) is 10.1. The highest BCUT2D eigenvalue weighted by atomic mass is 35.5. The van der Waals surface area contributed by atoms with Gasteiger partial charge in [0, 0.05) is 10.7 Å². The molecular weight excluding hydrogens is 286 g/mol. The molecule has 0 unspecified atom stereocenters. The molecule has 0 aliphatic rings. The summed E-state index contributed by atoms with van der Waals surface area (Å²) in [5.41, 5.74) is 1.96. The molecule has 4 heteroatoms. The van der Waals surface area contributed by atoms with E-state index in [1.54, 1.807) is 31.2 Å². The van der Waals surface area contributed by atoms with E-state index < -0.39 is 6.10 Å². The molecule has 0 fully saturated rings. The summed E-state index contributed by atoms with van der Waals surface area (Å²) in [7, 11) is 0. The molecule has 2 aromatic carbocycles. The number of anilines is 1. The van der Waals surface area contributed by atoms with Crippen molar-refractivity contribution in [1.82, 2.24) is 0 Å². The standard InChI is InChI=1S/C17H18ClNO2/c1-3-13-5-4-6-15(11-13)19-17(20)12(2)21-16-9-7-14(18)8-10-16/h4-12H,3H2,1-2H3,(H,19,20)/t12-/m1/s1. The molecule has 0 aliphatic carbocycles. The summed E-state index contributed by atoms with van der Waals surface area (Å²) in [6.45, 7) is 3.79. The predicted molar refractivity (Wildman–Crippen MR) is 86.0 cm³/mol. The van der Waals surface area contributed by atoms with Crippen LogP contribution in [0.5, 0.6) is 5.75 Å². The maximum atomic E-state index is 12.1. The summed E-state index contributed by atoms with van der Waals surface area (Å²) in [5.74, 6) is 0.433. The van der Waals surface area contributed by atoms with E-state index in [1.807, 2.05) is 24.3 Å². The van der Waals surface area contributed by atoms with Crippen molar-refractivity contribution in [3.8, 4) is 5.75 Å². The number of hydrogen-bond acceptors (Lipinski definition) is 2. The third-order valence-electron chi connectivity index (χ3n) is 3.10. The van der Waals surface area contributed by atoms with E-state index in [4.69, 9.17) is 16.3 Å². The van der Waals surface area contributed by atoms with Crippen LogP contribution in [0.4, 0.5) is 5.69 Å². The number of hydrogen-bond donors (Lipinski definition) is 1. The number of aryl methyl sites for hydroxylation is 1. The van der Waals surface area contributed by atoms with Crippen molar-refractivity contribution in [2.45, 2.75) is 26.4 Å². The Morgan fingerprint density at radius 1 is 1.24 bits per heavy atom. The molecule has 3 nitrogen and oxygen atoms in total. The van der Waals surface area contributed by atoms with Crippen molar-refractivity contribution in [2.24, 2.45) is 0 Å². The van der Waals surface area contributed by atoms with Crippen LogP contribution in [-0.2, 0) is 11.2 Å². The molecule has 0 aromatic heterocycles. The van der Waals surface area contributed by atoms with E-state index >= 15 is 0 Å². The molecule has 2 aromatic rings. The number of carbonyl (C=O) groups excluding carboxylic acids is 1. The van der Waals surface area contributed by atoms with Crippen LogP contribution in [0.15, 0.2) is 48.5 Å². The second-order valence-corrected chi connectivity index (χ2v) is 5.19. The summed E-state index contributed by atoms with van der Waals surface area (Å²) >= 11 is 5.81. The maximum Gasteiger partial charge on any atom is 0.265 e. The van der Waals surface area contributed by atoms with Crippen LogP contribution in [0, 0.1) is 0 Å². The average Bonchev–Trinajstić information content (AvgIpc) is 2.49. The molecule has 0 heterocycles. The van der Waals surface area contributed by atoms with Crippen LogP contribution < -0.4 is 10.1 Å². The van der Waals surface area contributed by atoms with Gasteiger partial charge in [0.2, 0.25) is 0 Å². The van der Waals surface area contributed by atoms with Gasteiger partial charge in [0.25, 0.3) is 5.91 Å². The lowest BCUT2D eigenvalue weighted by molar-refractivity contribution is -0.122. The Labute approximate surface area is 129 Å². The topological polar surface area (TPSA) is 38.3 Å². The number of ether oxygens (including phenoxy) is 1. The highest BCUT2D eigenvalue weighted by Crippen LogP contribution is 2.17. The molecule has 2 rings (SSSR count). The van der Waals surface area contributed by atoms with Crippen LogP contribution in [0.2, 0.25) is 5.02 Å². The molecule has 1 amide bonds. The van der Waals surface area contributed by atoms with Gasteiger partial charge in [0.05, 0.1) is 0 Å². The zero-order chi connectivity index (χ0) is 15.2. The SMILES string of the molecule is CCc1cccc(NC(=O)[C@@H](C)Oc2ccc(Cl)cc2)c1. The maximum absolute atomic E-state index is 12.1. The van der Waals surface area contributed by atoms with Gasteiger partial charge in [-0.1, -0.05) is 30.7 Å². The second kappa shape index (κ2) is 7.14. The van der Waals surface area contributed by atoms with Crippen LogP contribution in [-0.4, -0.2) is 12.0 Å². The Morgan fingerprint density at radius 3 is 2.62 bits per heavy atom. The highest BCUT2D eigenvalue weighted by Gasteiger charge is 2.14. The van der Waals surface area contributed by atoms with E-state index in [1.165, 1.54) is 5.56 Å². The number of rotatable bonds is 5. The molecule has 0 radical (unpaired) electrons. The minimum atomic E-state index is -0.587. The van der Waals surface area contributed by atoms with E-state index in [0.717, 1.165) is 12.1 Å². The molecule has 0 aliphatic heterocycles. The van der Waals surface area contributed by atoms with Crippen LogP contribution in [0.25, 0.3) is 0 Å². The molecule has 1 N–H and O–H groups in total. The monoisotopic (exact) mass is 303 g/mol. The van der Waals surface area contributed by atoms with Gasteiger partial charge in [0.1, 0.15) is 5.75 Å². The first kappa shape index (κ1) is 15.4. The molecule has 21 heavy (non-hydrogen) atoms. The Balaban J connectivity index is 1.97.